The van der Waals surface area contributed by atoms with Crippen molar-refractivity contribution < 1.29 is 37.5 Å². The summed E-state index contributed by atoms with van der Waals surface area (Å²) in [4.78, 5) is 48.3. The quantitative estimate of drug-likeness (QED) is 0.203. The molecule has 0 radical (unpaired) electrons. The van der Waals surface area contributed by atoms with Gasteiger partial charge in [0.1, 0.15) is 17.1 Å². The van der Waals surface area contributed by atoms with E-state index in [0.29, 0.717) is 22.5 Å². The number of halogens is 3. The van der Waals surface area contributed by atoms with E-state index in [2.05, 4.69) is 26.2 Å². The van der Waals surface area contributed by atoms with Crippen molar-refractivity contribution in [3.63, 3.8) is 0 Å². The van der Waals surface area contributed by atoms with Gasteiger partial charge in [0.15, 0.2) is 0 Å². The summed E-state index contributed by atoms with van der Waals surface area (Å²) in [6.07, 6.45) is -4.41. The number of thioether (sulfide) groups is 3. The third-order valence-electron chi connectivity index (χ3n) is 4.56. The third kappa shape index (κ3) is 6.94. The molecule has 3 heterocycles. The SMILES string of the molecule is NC(=O)NCCn1nnnc1SCC1=C(C(=O)O)N2C(=O)C(NC(=O)CSCC(F)(F)F)[C@H]2SC1. The Morgan fingerprint density at radius 2 is 2.06 bits per heavy atom. The molecule has 5 N–H and O–H groups in total. The number of nitrogens with one attached hydrogen (secondary N) is 2. The predicted octanol–water partition coefficient (Wildman–Crippen LogP) is -0.532. The maximum absolute atomic E-state index is 12.6. The van der Waals surface area contributed by atoms with E-state index in [-0.39, 0.29) is 30.3 Å². The second kappa shape index (κ2) is 11.4. The van der Waals surface area contributed by atoms with Gasteiger partial charge in [-0.15, -0.1) is 28.6 Å². The zero-order chi connectivity index (χ0) is 25.8. The first-order valence-corrected chi connectivity index (χ1v) is 12.9. The number of aromatic nitrogens is 4. The van der Waals surface area contributed by atoms with Gasteiger partial charge in [-0.25, -0.2) is 14.3 Å². The number of β-lactam (4-membered cyclic amide) rings is 1. The second-order valence-electron chi connectivity index (χ2n) is 7.08. The van der Waals surface area contributed by atoms with E-state index < -0.39 is 52.9 Å². The molecule has 2 aliphatic heterocycles. The smallest absolute Gasteiger partial charge is 0.397 e. The fourth-order valence-corrected chi connectivity index (χ4v) is 6.14. The molecule has 3 rings (SSSR count). The number of rotatable bonds is 11. The number of alkyl halides is 3. The van der Waals surface area contributed by atoms with Crippen molar-refractivity contribution in [2.75, 3.05) is 29.6 Å². The largest absolute Gasteiger partial charge is 0.477 e. The monoisotopic (exact) mass is 556 g/mol. The van der Waals surface area contributed by atoms with Crippen molar-refractivity contribution in [3.8, 4) is 0 Å². The average Bonchev–Trinajstić information content (AvgIpc) is 3.21. The molecule has 1 aromatic rings. The van der Waals surface area contributed by atoms with E-state index in [1.807, 2.05) is 0 Å². The zero-order valence-electron chi connectivity index (χ0n) is 17.6. The number of carboxylic acids is 1. The Morgan fingerprint density at radius 3 is 2.71 bits per heavy atom. The summed E-state index contributed by atoms with van der Waals surface area (Å²) in [6.45, 7) is 0.409. The Kier molecular flexibility index (Phi) is 8.75. The van der Waals surface area contributed by atoms with Crippen LogP contribution in [0.3, 0.4) is 0 Å². The maximum atomic E-state index is 12.6. The summed E-state index contributed by atoms with van der Waals surface area (Å²) in [5.74, 6) is -4.00. The van der Waals surface area contributed by atoms with Crippen LogP contribution < -0.4 is 16.4 Å². The van der Waals surface area contributed by atoms with E-state index in [4.69, 9.17) is 5.73 Å². The van der Waals surface area contributed by atoms with Crippen molar-refractivity contribution in [2.45, 2.75) is 29.3 Å². The number of primary amides is 1. The molecule has 0 aliphatic carbocycles. The number of hydrogen-bond acceptors (Lipinski definition) is 10. The predicted molar refractivity (Wildman–Crippen MR) is 119 cm³/mol. The van der Waals surface area contributed by atoms with Crippen molar-refractivity contribution in [1.82, 2.24) is 35.7 Å². The van der Waals surface area contributed by atoms with Crippen LogP contribution >= 0.6 is 35.3 Å². The van der Waals surface area contributed by atoms with E-state index in [1.54, 1.807) is 0 Å². The highest BCUT2D eigenvalue weighted by Crippen LogP contribution is 2.41. The van der Waals surface area contributed by atoms with Gasteiger partial charge in [-0.3, -0.25) is 14.5 Å². The highest BCUT2D eigenvalue weighted by Gasteiger charge is 2.54. The van der Waals surface area contributed by atoms with Crippen LogP contribution in [0.15, 0.2) is 16.4 Å². The Balaban J connectivity index is 1.60. The van der Waals surface area contributed by atoms with Crippen LogP contribution in [0.2, 0.25) is 0 Å². The Morgan fingerprint density at radius 1 is 1.31 bits per heavy atom. The molecule has 0 spiro atoms. The topological polar surface area (TPSA) is 185 Å². The molecule has 1 fully saturated rings. The molecule has 0 aromatic carbocycles. The highest BCUT2D eigenvalue weighted by molar-refractivity contribution is 8.01. The lowest BCUT2D eigenvalue weighted by molar-refractivity contribution is -0.150. The van der Waals surface area contributed by atoms with Crippen molar-refractivity contribution in [2.24, 2.45) is 5.73 Å². The van der Waals surface area contributed by atoms with Crippen LogP contribution in [0.4, 0.5) is 18.0 Å². The number of amides is 4. The van der Waals surface area contributed by atoms with E-state index in [9.17, 15) is 37.5 Å². The molecule has 0 saturated carbocycles. The van der Waals surface area contributed by atoms with Gasteiger partial charge >= 0.3 is 18.2 Å². The lowest BCUT2D eigenvalue weighted by atomic mass is 10.0. The summed E-state index contributed by atoms with van der Waals surface area (Å²) < 4.78 is 38.1. The molecule has 4 amide bonds. The molecule has 1 aromatic heterocycles. The van der Waals surface area contributed by atoms with E-state index in [0.717, 1.165) is 16.7 Å². The molecule has 2 aliphatic rings. The van der Waals surface area contributed by atoms with Gasteiger partial charge < -0.3 is 21.5 Å². The summed E-state index contributed by atoms with van der Waals surface area (Å²) in [6, 6.07) is -1.72. The molecule has 35 heavy (non-hydrogen) atoms. The standard InChI is InChI=1S/C16H19F3N8O5S3/c17-16(18,19)6-33-5-8(28)22-9-11(29)27-10(13(30)31)7(3-34-12(9)27)4-35-15-23-24-25-26(15)2-1-21-14(20)32/h9,12H,1-6H2,(H,22,28)(H,30,31)(H3,20,21,32)/t9?,12-/m1/s1. The van der Waals surface area contributed by atoms with Gasteiger partial charge in [-0.05, 0) is 16.0 Å². The first-order chi connectivity index (χ1) is 16.5. The second-order valence-corrected chi connectivity index (χ2v) is 10.1. The Bertz CT molecular complexity index is 1040. The van der Waals surface area contributed by atoms with Crippen molar-refractivity contribution in [1.29, 1.82) is 0 Å². The van der Waals surface area contributed by atoms with Gasteiger partial charge in [0, 0.05) is 18.1 Å². The van der Waals surface area contributed by atoms with Crippen LogP contribution in [0, 0.1) is 0 Å². The number of aliphatic carboxylic acids is 1. The van der Waals surface area contributed by atoms with Gasteiger partial charge in [0.05, 0.1) is 18.1 Å². The summed E-state index contributed by atoms with van der Waals surface area (Å²) in [5.41, 5.74) is 5.23. The molecule has 2 atom stereocenters. The fourth-order valence-electron chi connectivity index (χ4n) is 3.15. The minimum absolute atomic E-state index is 0.153. The zero-order valence-corrected chi connectivity index (χ0v) is 20.1. The lowest BCUT2D eigenvalue weighted by Crippen LogP contribution is -2.70. The lowest BCUT2D eigenvalue weighted by Gasteiger charge is -2.49. The number of hydrogen-bond donors (Lipinski definition) is 4. The first kappa shape index (κ1) is 26.9. The molecule has 192 valence electrons. The normalized spacial score (nSPS) is 19.7. The van der Waals surface area contributed by atoms with Gasteiger partial charge in [-0.1, -0.05) is 11.8 Å². The average molecular weight is 557 g/mol. The summed E-state index contributed by atoms with van der Waals surface area (Å²) in [5, 5.41) is 25.4. The minimum atomic E-state index is -4.41. The van der Waals surface area contributed by atoms with E-state index in [1.165, 1.54) is 16.4 Å². The van der Waals surface area contributed by atoms with Gasteiger partial charge in [0.25, 0.3) is 5.91 Å². The number of urea groups is 1. The Hall–Kier alpha value is -2.67. The molecular formula is C16H19F3N8O5S3. The highest BCUT2D eigenvalue weighted by atomic mass is 32.2. The molecule has 19 heteroatoms. The number of fused-ring (bicyclic) bond motifs is 1. The number of nitrogens with zero attached hydrogens (tertiary/aromatic N) is 5. The molecular weight excluding hydrogens is 537 g/mol. The molecule has 1 unspecified atom stereocenters. The van der Waals surface area contributed by atoms with Crippen LogP contribution in [0.25, 0.3) is 0 Å². The first-order valence-electron chi connectivity index (χ1n) is 9.74. The van der Waals surface area contributed by atoms with Crippen LogP contribution in [-0.2, 0) is 20.9 Å². The number of tetrazole rings is 1. The molecule has 13 nitrogen and oxygen atoms in total. The van der Waals surface area contributed by atoms with Crippen LogP contribution in [0.5, 0.6) is 0 Å². The van der Waals surface area contributed by atoms with Gasteiger partial charge in [0.2, 0.25) is 11.1 Å². The Labute approximate surface area is 208 Å². The fraction of sp³-hybridized carbons (Fsp3) is 0.562. The number of carbonyl (C=O) groups excluding carboxylic acids is 3. The minimum Gasteiger partial charge on any atom is -0.477 e. The maximum Gasteiger partial charge on any atom is 0.397 e. The molecule has 1 saturated heterocycles. The van der Waals surface area contributed by atoms with Crippen LogP contribution in [0.1, 0.15) is 0 Å². The van der Waals surface area contributed by atoms with Gasteiger partial charge in [-0.2, -0.15) is 13.2 Å². The number of carboxylic acid groups (broad SMARTS) is 1. The summed E-state index contributed by atoms with van der Waals surface area (Å²) >= 11 is 2.74. The van der Waals surface area contributed by atoms with Crippen LogP contribution in [-0.4, -0.2) is 101 Å². The number of carbonyl (C=O) groups is 4. The summed E-state index contributed by atoms with van der Waals surface area (Å²) in [7, 11) is 0. The van der Waals surface area contributed by atoms with Crippen molar-refractivity contribution >= 4 is 59.1 Å². The number of nitrogens with two attached hydrogens (primary N) is 1. The van der Waals surface area contributed by atoms with E-state index >= 15 is 0 Å². The molecule has 0 bridgehead atoms. The van der Waals surface area contributed by atoms with Crippen molar-refractivity contribution in [3.05, 3.63) is 11.3 Å². The third-order valence-corrected chi connectivity index (χ3v) is 7.94.